The molecule has 3 amide bonds. The second kappa shape index (κ2) is 8.15. The minimum Gasteiger partial charge on any atom is -0.402 e. The molecule has 1 aromatic rings. The molecule has 1 aromatic carbocycles. The molecule has 2 aliphatic rings. The van der Waals surface area contributed by atoms with E-state index in [1.54, 1.807) is 7.05 Å². The number of rotatable bonds is 2. The third-order valence-electron chi connectivity index (χ3n) is 4.63. The molecule has 0 aliphatic carbocycles. The maximum absolute atomic E-state index is 13.3. The highest BCUT2D eigenvalue weighted by molar-refractivity contribution is 6.45. The van der Waals surface area contributed by atoms with Gasteiger partial charge < -0.3 is 26.0 Å². The lowest BCUT2D eigenvalue weighted by atomic mass is 10.0. The van der Waals surface area contributed by atoms with Crippen LogP contribution in [-0.2, 0) is 4.79 Å². The molecular formula is C18H21ClFN5O3. The van der Waals surface area contributed by atoms with Crippen LogP contribution in [0.25, 0.3) is 0 Å². The Morgan fingerprint density at radius 3 is 2.93 bits per heavy atom. The Labute approximate surface area is 166 Å². The molecule has 150 valence electrons. The molecule has 28 heavy (non-hydrogen) atoms. The molecular weight excluding hydrogens is 389 g/mol. The summed E-state index contributed by atoms with van der Waals surface area (Å²) in [4.78, 5) is 32.3. The van der Waals surface area contributed by atoms with Crippen molar-refractivity contribution in [2.24, 2.45) is 10.7 Å². The summed E-state index contributed by atoms with van der Waals surface area (Å²) in [7, 11) is 1.58. The summed E-state index contributed by atoms with van der Waals surface area (Å²) in [5.41, 5.74) is 7.59. The second-order valence-corrected chi connectivity index (χ2v) is 7.17. The van der Waals surface area contributed by atoms with Gasteiger partial charge in [-0.25, -0.2) is 9.18 Å². The molecule has 0 spiro atoms. The SMILES string of the molecule is CN1CC(O)CN=C(C2=C(N)CCN(C(=O)Nc3ccc(F)c(Cl)c3)C2)C1=O. The van der Waals surface area contributed by atoms with Crippen LogP contribution in [0.3, 0.4) is 0 Å². The van der Waals surface area contributed by atoms with E-state index in [9.17, 15) is 19.1 Å². The molecule has 0 saturated heterocycles. The van der Waals surface area contributed by atoms with Crippen molar-refractivity contribution >= 4 is 34.9 Å². The summed E-state index contributed by atoms with van der Waals surface area (Å²) in [6, 6.07) is 3.46. The number of halogens is 2. The third kappa shape index (κ3) is 4.26. The van der Waals surface area contributed by atoms with Crippen LogP contribution in [0.5, 0.6) is 0 Å². The second-order valence-electron chi connectivity index (χ2n) is 6.76. The lowest BCUT2D eigenvalue weighted by molar-refractivity contribution is -0.123. The van der Waals surface area contributed by atoms with Gasteiger partial charge in [-0.15, -0.1) is 0 Å². The van der Waals surface area contributed by atoms with Gasteiger partial charge in [0, 0.05) is 43.5 Å². The zero-order valence-electron chi connectivity index (χ0n) is 15.3. The van der Waals surface area contributed by atoms with E-state index < -0.39 is 18.0 Å². The number of carbonyl (C=O) groups is 2. The molecule has 0 fully saturated rings. The van der Waals surface area contributed by atoms with E-state index in [0.717, 1.165) is 6.07 Å². The van der Waals surface area contributed by atoms with Gasteiger partial charge in [0.1, 0.15) is 11.5 Å². The number of amides is 3. The van der Waals surface area contributed by atoms with Crippen molar-refractivity contribution in [2.75, 3.05) is 38.5 Å². The van der Waals surface area contributed by atoms with Gasteiger partial charge in [-0.3, -0.25) is 9.79 Å². The van der Waals surface area contributed by atoms with Gasteiger partial charge in [0.25, 0.3) is 5.91 Å². The number of hydrogen-bond acceptors (Lipinski definition) is 5. The van der Waals surface area contributed by atoms with Gasteiger partial charge in [0.2, 0.25) is 0 Å². The fourth-order valence-corrected chi connectivity index (χ4v) is 3.26. The first-order valence-corrected chi connectivity index (χ1v) is 9.11. The summed E-state index contributed by atoms with van der Waals surface area (Å²) in [6.07, 6.45) is -0.370. The number of nitrogens with zero attached hydrogens (tertiary/aromatic N) is 3. The molecule has 2 heterocycles. The predicted molar refractivity (Wildman–Crippen MR) is 104 cm³/mol. The Kier molecular flexibility index (Phi) is 5.85. The Bertz CT molecular complexity index is 873. The van der Waals surface area contributed by atoms with E-state index in [-0.39, 0.29) is 36.3 Å². The van der Waals surface area contributed by atoms with E-state index >= 15 is 0 Å². The summed E-state index contributed by atoms with van der Waals surface area (Å²) in [5.74, 6) is -0.922. The number of carbonyl (C=O) groups excluding carboxylic acids is 2. The van der Waals surface area contributed by atoms with Crippen LogP contribution in [-0.4, -0.2) is 71.9 Å². The molecule has 3 rings (SSSR count). The summed E-state index contributed by atoms with van der Waals surface area (Å²) < 4.78 is 13.3. The molecule has 8 nitrogen and oxygen atoms in total. The van der Waals surface area contributed by atoms with E-state index in [4.69, 9.17) is 17.3 Å². The van der Waals surface area contributed by atoms with Gasteiger partial charge in [0.15, 0.2) is 0 Å². The number of likely N-dealkylation sites (N-methyl/N-ethyl adjacent to an activating group) is 1. The normalized spacial score (nSPS) is 20.8. The molecule has 1 unspecified atom stereocenters. The van der Waals surface area contributed by atoms with E-state index in [1.807, 2.05) is 0 Å². The van der Waals surface area contributed by atoms with Crippen molar-refractivity contribution in [2.45, 2.75) is 12.5 Å². The largest absolute Gasteiger partial charge is 0.402 e. The van der Waals surface area contributed by atoms with Crippen molar-refractivity contribution in [3.05, 3.63) is 40.3 Å². The van der Waals surface area contributed by atoms with Crippen molar-refractivity contribution in [3.63, 3.8) is 0 Å². The molecule has 4 N–H and O–H groups in total. The van der Waals surface area contributed by atoms with Crippen LogP contribution < -0.4 is 11.1 Å². The van der Waals surface area contributed by atoms with Crippen LogP contribution in [0.15, 0.2) is 34.5 Å². The Morgan fingerprint density at radius 2 is 2.21 bits per heavy atom. The predicted octanol–water partition coefficient (Wildman–Crippen LogP) is 1.20. The fourth-order valence-electron chi connectivity index (χ4n) is 3.08. The van der Waals surface area contributed by atoms with E-state index in [1.165, 1.54) is 21.9 Å². The van der Waals surface area contributed by atoms with Crippen molar-refractivity contribution < 1.29 is 19.1 Å². The van der Waals surface area contributed by atoms with Crippen molar-refractivity contribution in [3.8, 4) is 0 Å². The fraction of sp³-hybridized carbons (Fsp3) is 0.389. The number of nitrogens with one attached hydrogen (secondary N) is 1. The third-order valence-corrected chi connectivity index (χ3v) is 4.92. The van der Waals surface area contributed by atoms with Gasteiger partial charge >= 0.3 is 6.03 Å². The number of benzene rings is 1. The first-order chi connectivity index (χ1) is 13.3. The number of aliphatic imine (C=N–C) groups is 1. The maximum atomic E-state index is 13.3. The molecule has 0 bridgehead atoms. The average molecular weight is 410 g/mol. The molecule has 1 atom stereocenters. The van der Waals surface area contributed by atoms with Crippen LogP contribution in [0.4, 0.5) is 14.9 Å². The number of aliphatic hydroxyl groups excluding tert-OH is 1. The van der Waals surface area contributed by atoms with E-state index in [2.05, 4.69) is 10.3 Å². The Morgan fingerprint density at radius 1 is 1.46 bits per heavy atom. The number of anilines is 1. The average Bonchev–Trinajstić information content (AvgIpc) is 2.77. The summed E-state index contributed by atoms with van der Waals surface area (Å²) in [5, 5.41) is 12.4. The maximum Gasteiger partial charge on any atom is 0.322 e. The molecule has 2 aliphatic heterocycles. The highest BCUT2D eigenvalue weighted by Crippen LogP contribution is 2.22. The standard InChI is InChI=1S/C18H21ClFN5O3/c1-24-8-11(26)7-22-16(17(24)27)12-9-25(5-4-15(12)21)18(28)23-10-2-3-14(20)13(19)6-10/h2-3,6,11,26H,4-5,7-9,21H2,1H3,(H,23,28). The summed E-state index contributed by atoms with van der Waals surface area (Å²) >= 11 is 5.74. The van der Waals surface area contributed by atoms with Crippen LogP contribution in [0.2, 0.25) is 5.02 Å². The Balaban J connectivity index is 1.77. The van der Waals surface area contributed by atoms with Gasteiger partial charge in [-0.1, -0.05) is 11.6 Å². The molecule has 0 saturated carbocycles. The number of aliphatic hydroxyl groups is 1. The first kappa shape index (κ1) is 20.1. The van der Waals surface area contributed by atoms with Gasteiger partial charge in [0.05, 0.1) is 24.2 Å². The van der Waals surface area contributed by atoms with Crippen molar-refractivity contribution in [1.29, 1.82) is 0 Å². The summed E-state index contributed by atoms with van der Waals surface area (Å²) in [6.45, 7) is 0.716. The van der Waals surface area contributed by atoms with Crippen molar-refractivity contribution in [1.82, 2.24) is 9.80 Å². The van der Waals surface area contributed by atoms with Crippen LogP contribution in [0.1, 0.15) is 6.42 Å². The molecule has 0 radical (unpaired) electrons. The number of nitrogens with two attached hydrogens (primary N) is 1. The highest BCUT2D eigenvalue weighted by atomic mass is 35.5. The monoisotopic (exact) mass is 409 g/mol. The molecule has 10 heteroatoms. The smallest absolute Gasteiger partial charge is 0.322 e. The minimum absolute atomic E-state index is 0.0858. The van der Waals surface area contributed by atoms with Crippen LogP contribution >= 0.6 is 11.6 Å². The number of hydrogen-bond donors (Lipinski definition) is 3. The Hall–Kier alpha value is -2.65. The first-order valence-electron chi connectivity index (χ1n) is 8.73. The molecule has 0 aromatic heterocycles. The lowest BCUT2D eigenvalue weighted by Gasteiger charge is -2.30. The van der Waals surface area contributed by atoms with Gasteiger partial charge in [-0.05, 0) is 18.2 Å². The number of urea groups is 1. The number of β-amino-alcohol motifs (C(OH)–C–C–N with tert-alkyl or cyclic N) is 1. The minimum atomic E-state index is -0.750. The zero-order chi connectivity index (χ0) is 20.4. The van der Waals surface area contributed by atoms with Gasteiger partial charge in [-0.2, -0.15) is 0 Å². The van der Waals surface area contributed by atoms with Crippen LogP contribution in [0, 0.1) is 5.82 Å². The quantitative estimate of drug-likeness (QED) is 0.681. The lowest BCUT2D eigenvalue weighted by Crippen LogP contribution is -2.45. The highest BCUT2D eigenvalue weighted by Gasteiger charge is 2.31. The zero-order valence-corrected chi connectivity index (χ0v) is 16.0. The topological polar surface area (TPSA) is 111 Å². The van der Waals surface area contributed by atoms with E-state index in [0.29, 0.717) is 29.9 Å².